The van der Waals surface area contributed by atoms with E-state index in [1.54, 1.807) is 12.4 Å². The summed E-state index contributed by atoms with van der Waals surface area (Å²) < 4.78 is 0. The van der Waals surface area contributed by atoms with Gasteiger partial charge in [0.15, 0.2) is 0 Å². The van der Waals surface area contributed by atoms with Gasteiger partial charge in [-0.25, -0.2) is 4.98 Å². The maximum atomic E-state index is 12.5. The molecule has 26 heavy (non-hydrogen) atoms. The Labute approximate surface area is 159 Å². The van der Waals surface area contributed by atoms with Gasteiger partial charge >= 0.3 is 0 Å². The van der Waals surface area contributed by atoms with Gasteiger partial charge in [-0.2, -0.15) is 0 Å². The van der Waals surface area contributed by atoms with Gasteiger partial charge in [0.25, 0.3) is 0 Å². The first-order chi connectivity index (χ1) is 12.7. The molecule has 0 N–H and O–H groups in total. The van der Waals surface area contributed by atoms with Crippen LogP contribution in [0, 0.1) is 5.41 Å². The lowest BCUT2D eigenvalue weighted by Gasteiger charge is -2.48. The second kappa shape index (κ2) is 7.23. The lowest BCUT2D eigenvalue weighted by atomic mass is 9.73. The van der Waals surface area contributed by atoms with E-state index >= 15 is 0 Å². The number of hydrogen-bond acceptors (Lipinski definition) is 4. The number of likely N-dealkylation sites (tertiary alicyclic amines) is 1. The van der Waals surface area contributed by atoms with Gasteiger partial charge in [-0.05, 0) is 43.0 Å². The molecular weight excluding hydrogens is 348 g/mol. The molecule has 2 fully saturated rings. The topological polar surface area (TPSA) is 49.3 Å². The van der Waals surface area contributed by atoms with Crippen LogP contribution in [0.5, 0.6) is 0 Å². The van der Waals surface area contributed by atoms with Gasteiger partial charge in [0.1, 0.15) is 5.82 Å². The number of anilines is 1. The van der Waals surface area contributed by atoms with Gasteiger partial charge in [-0.15, -0.1) is 0 Å². The van der Waals surface area contributed by atoms with Crippen molar-refractivity contribution in [2.24, 2.45) is 5.41 Å². The summed E-state index contributed by atoms with van der Waals surface area (Å²) in [5.41, 5.74) is 1.20. The smallest absolute Gasteiger partial charge is 0.222 e. The minimum absolute atomic E-state index is 0.120. The van der Waals surface area contributed by atoms with Gasteiger partial charge < -0.3 is 9.80 Å². The fraction of sp³-hybridized carbons (Fsp3) is 0.450. The van der Waals surface area contributed by atoms with E-state index in [0.717, 1.165) is 50.3 Å². The molecule has 0 radical (unpaired) electrons. The first-order valence-corrected chi connectivity index (χ1v) is 9.55. The fourth-order valence-corrected chi connectivity index (χ4v) is 4.53. The molecule has 2 aliphatic heterocycles. The molecule has 0 aliphatic carbocycles. The molecule has 1 amide bonds. The average molecular weight is 371 g/mol. The highest BCUT2D eigenvalue weighted by molar-refractivity contribution is 6.32. The lowest BCUT2D eigenvalue weighted by Crippen LogP contribution is -2.54. The molecule has 0 unspecified atom stereocenters. The molecule has 4 rings (SSSR count). The zero-order chi connectivity index (χ0) is 18.0. The van der Waals surface area contributed by atoms with E-state index in [1.165, 1.54) is 0 Å². The van der Waals surface area contributed by atoms with Gasteiger partial charge in [-0.3, -0.25) is 9.78 Å². The Morgan fingerprint density at radius 3 is 2.85 bits per heavy atom. The molecule has 2 aliphatic rings. The number of halogens is 1. The molecule has 1 spiro atoms. The van der Waals surface area contributed by atoms with Crippen molar-refractivity contribution in [2.75, 3.05) is 24.5 Å². The van der Waals surface area contributed by atoms with Crippen LogP contribution >= 0.6 is 11.6 Å². The SMILES string of the molecule is O=C1CC[C@@]2(CCCN(c3ncccc3Cl)C2)CN1Cc1cccnc1. The fourth-order valence-electron chi connectivity index (χ4n) is 4.29. The number of amides is 1. The molecule has 5 nitrogen and oxygen atoms in total. The van der Waals surface area contributed by atoms with Crippen LogP contribution in [-0.2, 0) is 11.3 Å². The normalized spacial score (nSPS) is 23.5. The van der Waals surface area contributed by atoms with E-state index in [0.29, 0.717) is 18.0 Å². The zero-order valence-corrected chi connectivity index (χ0v) is 15.5. The summed E-state index contributed by atoms with van der Waals surface area (Å²) in [6, 6.07) is 7.71. The summed E-state index contributed by atoms with van der Waals surface area (Å²) in [6.07, 6.45) is 9.20. The standard InChI is InChI=1S/C20H23ClN4O/c21-17-5-2-10-23-19(17)24-11-3-7-20(14-24)8-6-18(26)25(15-20)13-16-4-1-9-22-12-16/h1-2,4-5,9-10,12H,3,6-8,11,13-15H2/t20-/m1/s1. The van der Waals surface area contributed by atoms with Gasteiger partial charge in [0.2, 0.25) is 5.91 Å². The Hall–Kier alpha value is -2.14. The number of carbonyl (C=O) groups is 1. The van der Waals surface area contributed by atoms with Crippen molar-refractivity contribution < 1.29 is 4.79 Å². The van der Waals surface area contributed by atoms with Crippen molar-refractivity contribution in [3.05, 3.63) is 53.4 Å². The van der Waals surface area contributed by atoms with Crippen molar-refractivity contribution in [3.8, 4) is 0 Å². The highest BCUT2D eigenvalue weighted by Gasteiger charge is 2.42. The maximum absolute atomic E-state index is 12.5. The van der Waals surface area contributed by atoms with Crippen LogP contribution in [0.15, 0.2) is 42.9 Å². The van der Waals surface area contributed by atoms with Crippen molar-refractivity contribution in [2.45, 2.75) is 32.2 Å². The quantitative estimate of drug-likeness (QED) is 0.829. The van der Waals surface area contributed by atoms with Gasteiger partial charge in [0.05, 0.1) is 5.02 Å². The summed E-state index contributed by atoms with van der Waals surface area (Å²) in [4.78, 5) is 25.4. The number of hydrogen-bond donors (Lipinski definition) is 0. The second-order valence-electron chi connectivity index (χ2n) is 7.45. The number of nitrogens with zero attached hydrogens (tertiary/aromatic N) is 4. The van der Waals surface area contributed by atoms with E-state index in [1.807, 2.05) is 35.4 Å². The van der Waals surface area contributed by atoms with Crippen LogP contribution in [0.1, 0.15) is 31.2 Å². The van der Waals surface area contributed by atoms with Gasteiger partial charge in [-0.1, -0.05) is 17.7 Å². The van der Waals surface area contributed by atoms with Crippen molar-refractivity contribution in [1.29, 1.82) is 0 Å². The minimum atomic E-state index is 0.120. The molecule has 2 aromatic rings. The number of pyridine rings is 2. The Kier molecular flexibility index (Phi) is 4.81. The molecule has 4 heterocycles. The van der Waals surface area contributed by atoms with E-state index < -0.39 is 0 Å². The third-order valence-electron chi connectivity index (χ3n) is 5.54. The van der Waals surface area contributed by atoms with Crippen LogP contribution in [0.25, 0.3) is 0 Å². The average Bonchev–Trinajstić information content (AvgIpc) is 2.66. The lowest BCUT2D eigenvalue weighted by molar-refractivity contribution is -0.138. The molecule has 136 valence electrons. The van der Waals surface area contributed by atoms with E-state index in [-0.39, 0.29) is 11.3 Å². The molecule has 0 saturated carbocycles. The first-order valence-electron chi connectivity index (χ1n) is 9.17. The van der Waals surface area contributed by atoms with E-state index in [4.69, 9.17) is 11.6 Å². The Morgan fingerprint density at radius 1 is 1.15 bits per heavy atom. The van der Waals surface area contributed by atoms with Crippen LogP contribution in [0.4, 0.5) is 5.82 Å². The summed E-state index contributed by atoms with van der Waals surface area (Å²) in [5.74, 6) is 1.11. The predicted molar refractivity (Wildman–Crippen MR) is 102 cm³/mol. The largest absolute Gasteiger partial charge is 0.355 e. The summed E-state index contributed by atoms with van der Waals surface area (Å²) in [7, 11) is 0. The van der Waals surface area contributed by atoms with Crippen LogP contribution < -0.4 is 4.90 Å². The third kappa shape index (κ3) is 3.54. The number of piperidine rings is 2. The molecule has 0 aromatic carbocycles. The van der Waals surface area contributed by atoms with Crippen LogP contribution in [-0.4, -0.2) is 40.4 Å². The van der Waals surface area contributed by atoms with E-state index in [2.05, 4.69) is 14.9 Å². The van der Waals surface area contributed by atoms with Gasteiger partial charge in [0, 0.05) is 56.6 Å². The number of carbonyl (C=O) groups excluding carboxylic acids is 1. The molecular formula is C20H23ClN4O. The molecule has 2 aromatic heterocycles. The Morgan fingerprint density at radius 2 is 2.04 bits per heavy atom. The monoisotopic (exact) mass is 370 g/mol. The summed E-state index contributed by atoms with van der Waals surface area (Å²) in [6.45, 7) is 3.30. The molecule has 6 heteroatoms. The van der Waals surface area contributed by atoms with Crippen molar-refractivity contribution in [1.82, 2.24) is 14.9 Å². The Bertz CT molecular complexity index is 784. The van der Waals surface area contributed by atoms with Crippen molar-refractivity contribution in [3.63, 3.8) is 0 Å². The zero-order valence-electron chi connectivity index (χ0n) is 14.8. The molecule has 1 atom stereocenters. The minimum Gasteiger partial charge on any atom is -0.355 e. The molecule has 0 bridgehead atoms. The third-order valence-corrected chi connectivity index (χ3v) is 5.84. The molecule has 2 saturated heterocycles. The number of aromatic nitrogens is 2. The first kappa shape index (κ1) is 17.3. The number of rotatable bonds is 3. The highest BCUT2D eigenvalue weighted by atomic mass is 35.5. The maximum Gasteiger partial charge on any atom is 0.222 e. The summed E-state index contributed by atoms with van der Waals surface area (Å²) in [5, 5.41) is 0.698. The van der Waals surface area contributed by atoms with E-state index in [9.17, 15) is 4.79 Å². The Balaban J connectivity index is 1.52. The predicted octanol–water partition coefficient (Wildman–Crippen LogP) is 3.54. The van der Waals surface area contributed by atoms with Crippen LogP contribution in [0.3, 0.4) is 0 Å². The second-order valence-corrected chi connectivity index (χ2v) is 7.85. The summed E-state index contributed by atoms with van der Waals surface area (Å²) >= 11 is 6.37. The van der Waals surface area contributed by atoms with Crippen molar-refractivity contribution >= 4 is 23.3 Å². The highest BCUT2D eigenvalue weighted by Crippen LogP contribution is 2.41. The van der Waals surface area contributed by atoms with Crippen LogP contribution in [0.2, 0.25) is 5.02 Å².